The molecular weight excluding hydrogens is 448 g/mol. The summed E-state index contributed by atoms with van der Waals surface area (Å²) in [7, 11) is 2.99. The molecule has 1 aliphatic rings. The number of benzene rings is 1. The van der Waals surface area contributed by atoms with E-state index in [2.05, 4.69) is 13.2 Å². The molecule has 0 aliphatic heterocycles. The van der Waals surface area contributed by atoms with Crippen LogP contribution >= 0.6 is 0 Å². The van der Waals surface area contributed by atoms with E-state index < -0.39 is 28.7 Å². The number of hydrogen-bond acceptors (Lipinski definition) is 7. The van der Waals surface area contributed by atoms with Gasteiger partial charge in [-0.2, -0.15) is 0 Å². The average molecular weight is 483 g/mol. The highest BCUT2D eigenvalue weighted by Crippen LogP contribution is 2.44. The lowest BCUT2D eigenvalue weighted by Crippen LogP contribution is -2.47. The highest BCUT2D eigenvalue weighted by molar-refractivity contribution is 6.28. The van der Waals surface area contributed by atoms with E-state index in [1.165, 1.54) is 26.4 Å². The van der Waals surface area contributed by atoms with Crippen molar-refractivity contribution >= 4 is 23.4 Å². The van der Waals surface area contributed by atoms with E-state index in [0.29, 0.717) is 29.9 Å². The highest BCUT2D eigenvalue weighted by Gasteiger charge is 2.51. The summed E-state index contributed by atoms with van der Waals surface area (Å²) in [6.45, 7) is 11.5. The Labute approximate surface area is 206 Å². The van der Waals surface area contributed by atoms with Crippen LogP contribution in [0.15, 0.2) is 60.4 Å². The van der Waals surface area contributed by atoms with Crippen molar-refractivity contribution in [3.8, 4) is 11.5 Å². The fourth-order valence-corrected chi connectivity index (χ4v) is 3.94. The Hall–Kier alpha value is -3.45. The van der Waals surface area contributed by atoms with Crippen molar-refractivity contribution in [1.29, 1.82) is 0 Å². The van der Waals surface area contributed by atoms with Crippen molar-refractivity contribution in [2.75, 3.05) is 21.0 Å². The number of allylic oxidation sites excluding steroid dienone is 5. The minimum Gasteiger partial charge on any atom is -0.511 e. The number of ether oxygens (including phenoxy) is 3. The van der Waals surface area contributed by atoms with E-state index in [4.69, 9.17) is 14.2 Å². The first-order valence-electron chi connectivity index (χ1n) is 11.4. The molecule has 0 aromatic heterocycles. The molecule has 2 rings (SSSR count). The predicted molar refractivity (Wildman–Crippen MR) is 134 cm³/mol. The number of aliphatic hydroxyl groups excluding tert-OH is 1. The molecule has 0 fully saturated rings. The van der Waals surface area contributed by atoms with Gasteiger partial charge < -0.3 is 19.3 Å². The predicted octanol–water partition coefficient (Wildman–Crippen LogP) is 5.17. The monoisotopic (exact) mass is 482 g/mol. The Kier molecular flexibility index (Phi) is 9.78. The Morgan fingerprint density at radius 1 is 1.09 bits per heavy atom. The zero-order valence-electron chi connectivity index (χ0n) is 20.9. The van der Waals surface area contributed by atoms with E-state index in [-0.39, 0.29) is 25.4 Å². The number of carbonyl (C=O) groups excluding carboxylic acids is 3. The molecule has 0 heterocycles. The summed E-state index contributed by atoms with van der Waals surface area (Å²) in [6, 6.07) is 5.03. The van der Waals surface area contributed by atoms with Gasteiger partial charge in [-0.25, -0.2) is 0 Å². The molecule has 0 radical (unpaired) electrons. The van der Waals surface area contributed by atoms with Crippen LogP contribution in [0.5, 0.6) is 11.5 Å². The van der Waals surface area contributed by atoms with Crippen molar-refractivity contribution in [1.82, 2.24) is 0 Å². The van der Waals surface area contributed by atoms with E-state index in [1.807, 2.05) is 13.8 Å². The van der Waals surface area contributed by atoms with Crippen molar-refractivity contribution in [3.63, 3.8) is 0 Å². The zero-order chi connectivity index (χ0) is 26.2. The number of ketones is 3. The fourth-order valence-electron chi connectivity index (χ4n) is 3.94. The Balaban J connectivity index is 2.34. The van der Waals surface area contributed by atoms with Crippen LogP contribution in [0.1, 0.15) is 45.1 Å². The molecule has 1 atom stereocenters. The summed E-state index contributed by atoms with van der Waals surface area (Å²) in [5.74, 6) is -2.84. The lowest BCUT2D eigenvalue weighted by Gasteiger charge is -2.37. The van der Waals surface area contributed by atoms with Crippen LogP contribution < -0.4 is 9.47 Å². The maximum Gasteiger partial charge on any atom is 0.188 e. The van der Waals surface area contributed by atoms with E-state index in [9.17, 15) is 19.5 Å². The van der Waals surface area contributed by atoms with Crippen LogP contribution in [0.3, 0.4) is 0 Å². The van der Waals surface area contributed by atoms with Crippen LogP contribution in [-0.2, 0) is 19.1 Å². The van der Waals surface area contributed by atoms with Gasteiger partial charge in [-0.1, -0.05) is 23.3 Å². The molecule has 0 saturated carbocycles. The van der Waals surface area contributed by atoms with Gasteiger partial charge in [0.15, 0.2) is 35.6 Å². The van der Waals surface area contributed by atoms with Gasteiger partial charge in [0.05, 0.1) is 12.5 Å². The van der Waals surface area contributed by atoms with Crippen molar-refractivity contribution in [2.45, 2.75) is 39.5 Å². The number of Topliss-reactive ketones (excluding diaryl/α,β-unsaturated/α-hetero) is 1. The summed E-state index contributed by atoms with van der Waals surface area (Å²) < 4.78 is 15.6. The summed E-state index contributed by atoms with van der Waals surface area (Å²) >= 11 is 0. The van der Waals surface area contributed by atoms with Crippen molar-refractivity contribution in [3.05, 3.63) is 66.0 Å². The maximum atomic E-state index is 13.6. The van der Waals surface area contributed by atoms with Crippen LogP contribution in [0.4, 0.5) is 0 Å². The molecule has 0 spiro atoms. The topological polar surface area (TPSA) is 99.1 Å². The second kappa shape index (κ2) is 12.3. The standard InChI is InChI=1S/C28H34O7/c1-18(2)11-13-28(14-12-19(3)4)25(31)16-22(30)26(27(28)32)21(29)9-7-20-8-10-23(35-17-33-5)24(15-20)34-6/h7-10,15-16,26,31H,1,3,11-14,17H2,2,4-6H3. The fraction of sp³-hybridized carbons (Fsp3) is 0.393. The Bertz CT molecular complexity index is 1040. The van der Waals surface area contributed by atoms with Gasteiger partial charge in [0.2, 0.25) is 0 Å². The van der Waals surface area contributed by atoms with Gasteiger partial charge in [-0.15, -0.1) is 13.2 Å². The lowest BCUT2D eigenvalue weighted by molar-refractivity contribution is -0.143. The summed E-state index contributed by atoms with van der Waals surface area (Å²) in [5, 5.41) is 10.7. The van der Waals surface area contributed by atoms with Gasteiger partial charge in [-0.3, -0.25) is 14.4 Å². The third-order valence-corrected chi connectivity index (χ3v) is 5.99. The van der Waals surface area contributed by atoms with Gasteiger partial charge in [0, 0.05) is 13.2 Å². The molecule has 1 unspecified atom stereocenters. The molecule has 0 amide bonds. The molecule has 1 aliphatic carbocycles. The summed E-state index contributed by atoms with van der Waals surface area (Å²) in [4.78, 5) is 39.4. The zero-order valence-corrected chi connectivity index (χ0v) is 20.9. The third-order valence-electron chi connectivity index (χ3n) is 5.99. The van der Waals surface area contributed by atoms with E-state index in [0.717, 1.165) is 17.2 Å². The van der Waals surface area contributed by atoms with E-state index >= 15 is 0 Å². The van der Waals surface area contributed by atoms with Gasteiger partial charge in [0.1, 0.15) is 11.7 Å². The molecule has 0 bridgehead atoms. The first kappa shape index (κ1) is 27.8. The van der Waals surface area contributed by atoms with Crippen LogP contribution in [0, 0.1) is 11.3 Å². The van der Waals surface area contributed by atoms with Gasteiger partial charge in [0.25, 0.3) is 0 Å². The Morgan fingerprint density at radius 3 is 2.26 bits per heavy atom. The summed E-state index contributed by atoms with van der Waals surface area (Å²) in [6.07, 6.45) is 5.22. The van der Waals surface area contributed by atoms with Gasteiger partial charge in [-0.05, 0) is 63.3 Å². The Morgan fingerprint density at radius 2 is 1.71 bits per heavy atom. The molecule has 188 valence electrons. The normalized spacial score (nSPS) is 17.3. The highest BCUT2D eigenvalue weighted by atomic mass is 16.7. The van der Waals surface area contributed by atoms with E-state index in [1.54, 1.807) is 18.2 Å². The SMILES string of the molecule is C=C(C)CCC1(CCC(=C)C)C(=O)C(C(=O)C=Cc2ccc(OCOC)c(OC)c2)C(=O)C=C1O. The van der Waals surface area contributed by atoms with Gasteiger partial charge >= 0.3 is 0 Å². The number of methoxy groups -OCH3 is 2. The second-order valence-corrected chi connectivity index (χ2v) is 8.92. The molecule has 7 nitrogen and oxygen atoms in total. The largest absolute Gasteiger partial charge is 0.511 e. The lowest BCUT2D eigenvalue weighted by atomic mass is 9.64. The molecular formula is C28H34O7. The minimum absolute atomic E-state index is 0.0504. The molecule has 0 saturated heterocycles. The van der Waals surface area contributed by atoms with Crippen molar-refractivity contribution in [2.24, 2.45) is 11.3 Å². The van der Waals surface area contributed by atoms with Crippen LogP contribution in [-0.4, -0.2) is 43.5 Å². The average Bonchev–Trinajstić information content (AvgIpc) is 2.80. The molecule has 35 heavy (non-hydrogen) atoms. The first-order chi connectivity index (χ1) is 16.5. The molecule has 1 aromatic carbocycles. The van der Waals surface area contributed by atoms with Crippen molar-refractivity contribution < 1.29 is 33.7 Å². The smallest absolute Gasteiger partial charge is 0.188 e. The molecule has 7 heteroatoms. The molecule has 1 aromatic rings. The molecule has 1 N–H and O–H groups in total. The first-order valence-corrected chi connectivity index (χ1v) is 11.4. The quantitative estimate of drug-likeness (QED) is 0.179. The summed E-state index contributed by atoms with van der Waals surface area (Å²) in [5.41, 5.74) is 0.965. The van der Waals surface area contributed by atoms with Crippen LogP contribution in [0.25, 0.3) is 6.08 Å². The number of hydrogen-bond donors (Lipinski definition) is 1. The van der Waals surface area contributed by atoms with Crippen LogP contribution in [0.2, 0.25) is 0 Å². The third kappa shape index (κ3) is 6.79. The number of aliphatic hydroxyl groups is 1. The maximum absolute atomic E-state index is 13.6. The number of carbonyl (C=O) groups is 3. The number of rotatable bonds is 13. The minimum atomic E-state index is -1.51. The second-order valence-electron chi connectivity index (χ2n) is 8.92.